The van der Waals surface area contributed by atoms with Gasteiger partial charge in [-0.3, -0.25) is 4.79 Å². The molecule has 0 aliphatic heterocycles. The smallest absolute Gasteiger partial charge is 0.252 e. The number of nitrogens with one attached hydrogen (secondary N) is 1. The van der Waals surface area contributed by atoms with Crippen LogP contribution in [0.2, 0.25) is 10.0 Å². The highest BCUT2D eigenvalue weighted by Crippen LogP contribution is 2.22. The van der Waals surface area contributed by atoms with Gasteiger partial charge in [0.1, 0.15) is 12.4 Å². The molecular weight excluding hydrogens is 399 g/mol. The first-order chi connectivity index (χ1) is 12.2. The number of nitrogens with zero attached hydrogens (tertiary/aromatic N) is 1. The summed E-state index contributed by atoms with van der Waals surface area (Å²) in [5, 5.41) is 3.36. The summed E-state index contributed by atoms with van der Waals surface area (Å²) < 4.78 is 30.9. The quantitative estimate of drug-likeness (QED) is 0.703. The molecule has 1 N–H and O–H groups in total. The summed E-state index contributed by atoms with van der Waals surface area (Å²) in [7, 11) is -0.830. The summed E-state index contributed by atoms with van der Waals surface area (Å²) in [5.41, 5.74) is 0.0809. The van der Waals surface area contributed by atoms with Gasteiger partial charge < -0.3 is 10.1 Å². The van der Waals surface area contributed by atoms with Gasteiger partial charge >= 0.3 is 0 Å². The monoisotopic (exact) mass is 416 g/mol. The SMILES string of the molecule is CN(C)S(=O)(=O)c1ccc(Cl)c(C(=O)NCCOc2cccc(Cl)c2)c1. The number of carbonyl (C=O) groups excluding carboxylic acids is 1. The van der Waals surface area contributed by atoms with Crippen molar-refractivity contribution in [3.05, 3.63) is 58.1 Å². The summed E-state index contributed by atoms with van der Waals surface area (Å²) in [4.78, 5) is 12.3. The maximum atomic E-state index is 12.3. The van der Waals surface area contributed by atoms with Crippen LogP contribution in [0.5, 0.6) is 5.75 Å². The Bertz CT molecular complexity index is 901. The van der Waals surface area contributed by atoms with Crippen LogP contribution < -0.4 is 10.1 Å². The van der Waals surface area contributed by atoms with Gasteiger partial charge in [-0.2, -0.15) is 0 Å². The lowest BCUT2D eigenvalue weighted by atomic mass is 10.2. The third-order valence-electron chi connectivity index (χ3n) is 3.41. The van der Waals surface area contributed by atoms with Crippen LogP contribution in [0.4, 0.5) is 0 Å². The molecule has 9 heteroatoms. The van der Waals surface area contributed by atoms with Gasteiger partial charge in [0.2, 0.25) is 10.0 Å². The van der Waals surface area contributed by atoms with E-state index in [0.29, 0.717) is 10.8 Å². The van der Waals surface area contributed by atoms with Crippen LogP contribution in [0, 0.1) is 0 Å². The molecule has 0 bridgehead atoms. The average Bonchev–Trinajstić information content (AvgIpc) is 2.58. The van der Waals surface area contributed by atoms with Crippen molar-refractivity contribution < 1.29 is 17.9 Å². The van der Waals surface area contributed by atoms with Crippen LogP contribution in [-0.4, -0.2) is 45.9 Å². The molecular formula is C17H18Cl2N2O4S. The minimum absolute atomic E-state index is 0.00720. The van der Waals surface area contributed by atoms with Crippen molar-refractivity contribution in [3.8, 4) is 5.75 Å². The van der Waals surface area contributed by atoms with Crippen LogP contribution in [0.15, 0.2) is 47.4 Å². The van der Waals surface area contributed by atoms with E-state index < -0.39 is 15.9 Å². The van der Waals surface area contributed by atoms with Crippen molar-refractivity contribution >= 4 is 39.1 Å². The van der Waals surface area contributed by atoms with Gasteiger partial charge in [0.15, 0.2) is 0 Å². The minimum atomic E-state index is -3.66. The van der Waals surface area contributed by atoms with E-state index in [2.05, 4.69) is 5.32 Å². The number of halogens is 2. The Hall–Kier alpha value is -1.80. The molecule has 0 unspecified atom stereocenters. The lowest BCUT2D eigenvalue weighted by Gasteiger charge is -2.13. The van der Waals surface area contributed by atoms with Crippen molar-refractivity contribution in [2.45, 2.75) is 4.90 Å². The van der Waals surface area contributed by atoms with E-state index in [1.54, 1.807) is 24.3 Å². The van der Waals surface area contributed by atoms with Gasteiger partial charge in [-0.05, 0) is 36.4 Å². The van der Waals surface area contributed by atoms with E-state index in [1.165, 1.54) is 32.3 Å². The second-order valence-corrected chi connectivity index (χ2v) is 8.49. The molecule has 2 rings (SSSR count). The molecule has 0 aliphatic carbocycles. The summed E-state index contributed by atoms with van der Waals surface area (Å²) >= 11 is 11.9. The highest BCUT2D eigenvalue weighted by molar-refractivity contribution is 7.89. The van der Waals surface area contributed by atoms with Crippen molar-refractivity contribution in [1.82, 2.24) is 9.62 Å². The van der Waals surface area contributed by atoms with Gasteiger partial charge in [0.05, 0.1) is 22.0 Å². The van der Waals surface area contributed by atoms with E-state index >= 15 is 0 Å². The fraction of sp³-hybridized carbons (Fsp3) is 0.235. The fourth-order valence-corrected chi connectivity index (χ4v) is 3.35. The van der Waals surface area contributed by atoms with Crippen molar-refractivity contribution in [2.75, 3.05) is 27.2 Å². The molecule has 0 saturated carbocycles. The fourth-order valence-electron chi connectivity index (χ4n) is 2.04. The first-order valence-corrected chi connectivity index (χ1v) is 9.80. The van der Waals surface area contributed by atoms with Gasteiger partial charge in [-0.1, -0.05) is 29.3 Å². The number of sulfonamides is 1. The molecule has 6 nitrogen and oxygen atoms in total. The molecule has 2 aromatic carbocycles. The normalized spacial score (nSPS) is 11.4. The number of hydrogen-bond donors (Lipinski definition) is 1. The van der Waals surface area contributed by atoms with Gasteiger partial charge in [0.25, 0.3) is 5.91 Å². The predicted octanol–water partition coefficient (Wildman–Crippen LogP) is 3.05. The molecule has 0 aromatic heterocycles. The molecule has 26 heavy (non-hydrogen) atoms. The Balaban J connectivity index is 2.01. The zero-order valence-electron chi connectivity index (χ0n) is 14.2. The van der Waals surface area contributed by atoms with Crippen LogP contribution in [0.3, 0.4) is 0 Å². The third kappa shape index (κ3) is 5.11. The average molecular weight is 417 g/mol. The van der Waals surface area contributed by atoms with Crippen molar-refractivity contribution in [2.24, 2.45) is 0 Å². The van der Waals surface area contributed by atoms with Crippen LogP contribution in [-0.2, 0) is 10.0 Å². The lowest BCUT2D eigenvalue weighted by molar-refractivity contribution is 0.0947. The van der Waals surface area contributed by atoms with Crippen LogP contribution >= 0.6 is 23.2 Å². The number of carbonyl (C=O) groups is 1. The van der Waals surface area contributed by atoms with E-state index in [-0.39, 0.29) is 28.6 Å². The molecule has 0 spiro atoms. The number of rotatable bonds is 7. The molecule has 0 radical (unpaired) electrons. The van der Waals surface area contributed by atoms with Crippen LogP contribution in [0.1, 0.15) is 10.4 Å². The number of benzene rings is 2. The molecule has 0 heterocycles. The first kappa shape index (κ1) is 20.5. The van der Waals surface area contributed by atoms with E-state index in [1.807, 2.05) is 0 Å². The lowest BCUT2D eigenvalue weighted by Crippen LogP contribution is -2.29. The van der Waals surface area contributed by atoms with E-state index in [9.17, 15) is 13.2 Å². The predicted molar refractivity (Wildman–Crippen MR) is 102 cm³/mol. The summed E-state index contributed by atoms with van der Waals surface area (Å²) in [6.07, 6.45) is 0. The number of ether oxygens (including phenoxy) is 1. The van der Waals surface area contributed by atoms with E-state index in [0.717, 1.165) is 4.31 Å². The molecule has 0 aliphatic rings. The zero-order chi connectivity index (χ0) is 19.3. The zero-order valence-corrected chi connectivity index (χ0v) is 16.5. The Morgan fingerprint density at radius 2 is 1.88 bits per heavy atom. The largest absolute Gasteiger partial charge is 0.492 e. The Morgan fingerprint density at radius 3 is 2.54 bits per heavy atom. The Morgan fingerprint density at radius 1 is 1.15 bits per heavy atom. The number of amides is 1. The Labute approximate surface area is 162 Å². The van der Waals surface area contributed by atoms with E-state index in [4.69, 9.17) is 27.9 Å². The Kier molecular flexibility index (Phi) is 6.88. The molecule has 1 amide bonds. The van der Waals surface area contributed by atoms with Crippen molar-refractivity contribution in [3.63, 3.8) is 0 Å². The minimum Gasteiger partial charge on any atom is -0.492 e. The molecule has 0 atom stereocenters. The molecule has 140 valence electrons. The summed E-state index contributed by atoms with van der Waals surface area (Å²) in [5.74, 6) is 0.101. The molecule has 2 aromatic rings. The standard InChI is InChI=1S/C17H18Cl2N2O4S/c1-21(2)26(23,24)14-6-7-16(19)15(11-14)17(22)20-8-9-25-13-5-3-4-12(18)10-13/h3-7,10-11H,8-9H2,1-2H3,(H,20,22). The first-order valence-electron chi connectivity index (χ1n) is 7.60. The second-order valence-electron chi connectivity index (χ2n) is 5.49. The number of hydrogen-bond acceptors (Lipinski definition) is 4. The second kappa shape index (κ2) is 8.73. The maximum Gasteiger partial charge on any atom is 0.252 e. The third-order valence-corrected chi connectivity index (χ3v) is 5.79. The molecule has 0 fully saturated rings. The summed E-state index contributed by atoms with van der Waals surface area (Å²) in [6.45, 7) is 0.436. The maximum absolute atomic E-state index is 12.3. The van der Waals surface area contributed by atoms with Crippen LogP contribution in [0.25, 0.3) is 0 Å². The van der Waals surface area contributed by atoms with Gasteiger partial charge in [-0.25, -0.2) is 12.7 Å². The summed E-state index contributed by atoms with van der Waals surface area (Å²) in [6, 6.07) is 10.9. The topological polar surface area (TPSA) is 75.7 Å². The highest BCUT2D eigenvalue weighted by Gasteiger charge is 2.20. The van der Waals surface area contributed by atoms with Crippen molar-refractivity contribution in [1.29, 1.82) is 0 Å². The highest BCUT2D eigenvalue weighted by atomic mass is 35.5. The van der Waals surface area contributed by atoms with Gasteiger partial charge in [0, 0.05) is 19.1 Å². The van der Waals surface area contributed by atoms with Gasteiger partial charge in [-0.15, -0.1) is 0 Å². The molecule has 0 saturated heterocycles.